The maximum atomic E-state index is 13.1. The quantitative estimate of drug-likeness (QED) is 0.219. The Balaban J connectivity index is 1.34. The van der Waals surface area contributed by atoms with Gasteiger partial charge in [-0.1, -0.05) is 71.7 Å². The smallest absolute Gasteiger partial charge is 0.293 e. The van der Waals surface area contributed by atoms with Crippen LogP contribution < -0.4 is 9.47 Å². The molecule has 1 heterocycles. The molecule has 8 heteroatoms. The standard InChI is InChI=1S/C29H21Cl2NO4S/c1-35-25-14-20(13-24(31)27(25)36-17-18-7-10-23(30)11-8-18)15-26-28(33)32(29(34)37-26)16-19-6-9-21-4-2-3-5-22(21)12-19/h2-15H,16-17H2,1H3/b26-15-. The van der Waals surface area contributed by atoms with Crippen molar-refractivity contribution in [3.63, 3.8) is 0 Å². The lowest BCUT2D eigenvalue weighted by Gasteiger charge is -2.14. The van der Waals surface area contributed by atoms with E-state index in [2.05, 4.69) is 0 Å². The number of imide groups is 1. The van der Waals surface area contributed by atoms with E-state index in [1.165, 1.54) is 12.0 Å². The average molecular weight is 550 g/mol. The Kier molecular flexibility index (Phi) is 7.42. The number of ether oxygens (including phenoxy) is 2. The van der Waals surface area contributed by atoms with Gasteiger partial charge in [0.05, 0.1) is 23.6 Å². The Labute approximate surface area is 228 Å². The third-order valence-electron chi connectivity index (χ3n) is 5.87. The fourth-order valence-corrected chi connectivity index (χ4v) is 5.24. The summed E-state index contributed by atoms with van der Waals surface area (Å²) in [6.45, 7) is 0.481. The monoisotopic (exact) mass is 549 g/mol. The highest BCUT2D eigenvalue weighted by molar-refractivity contribution is 8.18. The van der Waals surface area contributed by atoms with E-state index in [0.717, 1.165) is 33.7 Å². The molecule has 0 N–H and O–H groups in total. The van der Waals surface area contributed by atoms with Crippen molar-refractivity contribution < 1.29 is 19.1 Å². The van der Waals surface area contributed by atoms with Gasteiger partial charge < -0.3 is 9.47 Å². The largest absolute Gasteiger partial charge is 0.493 e. The fourth-order valence-electron chi connectivity index (χ4n) is 4.01. The minimum absolute atomic E-state index is 0.203. The fraction of sp³-hybridized carbons (Fsp3) is 0.103. The molecule has 0 aliphatic carbocycles. The van der Waals surface area contributed by atoms with Crippen molar-refractivity contribution >= 4 is 63.0 Å². The molecule has 0 radical (unpaired) electrons. The van der Waals surface area contributed by atoms with Crippen LogP contribution in [0.5, 0.6) is 11.5 Å². The van der Waals surface area contributed by atoms with Gasteiger partial charge in [0.2, 0.25) is 0 Å². The Bertz CT molecular complexity index is 1540. The molecule has 0 aromatic heterocycles. The molecule has 0 unspecified atom stereocenters. The number of halogens is 2. The highest BCUT2D eigenvalue weighted by Crippen LogP contribution is 2.39. The Morgan fingerprint density at radius 1 is 0.892 bits per heavy atom. The van der Waals surface area contributed by atoms with Gasteiger partial charge in [0.15, 0.2) is 11.5 Å². The molecule has 4 aromatic carbocycles. The lowest BCUT2D eigenvalue weighted by molar-refractivity contribution is -0.123. The summed E-state index contributed by atoms with van der Waals surface area (Å²) >= 11 is 13.4. The van der Waals surface area contributed by atoms with Crippen LogP contribution in [-0.2, 0) is 17.9 Å². The highest BCUT2D eigenvalue weighted by Gasteiger charge is 2.35. The summed E-state index contributed by atoms with van der Waals surface area (Å²) in [4.78, 5) is 27.4. The summed E-state index contributed by atoms with van der Waals surface area (Å²) in [6.07, 6.45) is 1.64. The van der Waals surface area contributed by atoms with E-state index >= 15 is 0 Å². The van der Waals surface area contributed by atoms with Crippen molar-refractivity contribution in [2.45, 2.75) is 13.2 Å². The summed E-state index contributed by atoms with van der Waals surface area (Å²) < 4.78 is 11.4. The Morgan fingerprint density at radius 2 is 1.62 bits per heavy atom. The first-order chi connectivity index (χ1) is 17.9. The molecule has 2 amide bonds. The van der Waals surface area contributed by atoms with Crippen molar-refractivity contribution in [2.75, 3.05) is 7.11 Å². The van der Waals surface area contributed by atoms with Crippen molar-refractivity contribution in [3.8, 4) is 11.5 Å². The molecule has 186 valence electrons. The molecule has 4 aromatic rings. The van der Waals surface area contributed by atoms with E-state index in [0.29, 0.717) is 32.0 Å². The second kappa shape index (κ2) is 10.9. The van der Waals surface area contributed by atoms with E-state index in [1.807, 2.05) is 54.6 Å². The number of benzene rings is 4. The molecule has 5 nitrogen and oxygen atoms in total. The summed E-state index contributed by atoms with van der Waals surface area (Å²) in [5.74, 6) is 0.463. The SMILES string of the molecule is COc1cc(/C=C2\SC(=O)N(Cc3ccc4ccccc4c3)C2=O)cc(Cl)c1OCc1ccc(Cl)cc1. The number of thioether (sulfide) groups is 1. The van der Waals surface area contributed by atoms with Crippen molar-refractivity contribution in [1.29, 1.82) is 0 Å². The first kappa shape index (κ1) is 25.2. The minimum atomic E-state index is -0.346. The van der Waals surface area contributed by atoms with Gasteiger partial charge in [-0.2, -0.15) is 0 Å². The number of fused-ring (bicyclic) bond motifs is 1. The van der Waals surface area contributed by atoms with E-state index in [9.17, 15) is 9.59 Å². The van der Waals surface area contributed by atoms with E-state index in [-0.39, 0.29) is 24.3 Å². The first-order valence-electron chi connectivity index (χ1n) is 11.4. The molecule has 0 atom stereocenters. The van der Waals surface area contributed by atoms with Crippen LogP contribution in [0.4, 0.5) is 4.79 Å². The van der Waals surface area contributed by atoms with Crippen molar-refractivity contribution in [3.05, 3.63) is 111 Å². The van der Waals surface area contributed by atoms with Crippen LogP contribution >= 0.6 is 35.0 Å². The van der Waals surface area contributed by atoms with Gasteiger partial charge in [0.25, 0.3) is 11.1 Å². The van der Waals surface area contributed by atoms with Gasteiger partial charge >= 0.3 is 0 Å². The van der Waals surface area contributed by atoms with Gasteiger partial charge in [-0.25, -0.2) is 0 Å². The third kappa shape index (κ3) is 5.62. The van der Waals surface area contributed by atoms with Crippen molar-refractivity contribution in [1.82, 2.24) is 4.90 Å². The molecular weight excluding hydrogens is 529 g/mol. The average Bonchev–Trinajstić information content (AvgIpc) is 3.16. The van der Waals surface area contributed by atoms with Gasteiger partial charge in [0, 0.05) is 5.02 Å². The number of methoxy groups -OCH3 is 1. The van der Waals surface area contributed by atoms with Gasteiger partial charge in [-0.05, 0) is 75.6 Å². The highest BCUT2D eigenvalue weighted by atomic mass is 35.5. The second-order valence-corrected chi connectivity index (χ2v) is 10.2. The summed E-state index contributed by atoms with van der Waals surface area (Å²) in [6, 6.07) is 24.6. The molecule has 1 saturated heterocycles. The first-order valence-corrected chi connectivity index (χ1v) is 13.0. The minimum Gasteiger partial charge on any atom is -0.493 e. The normalized spacial score (nSPS) is 14.6. The molecule has 0 spiro atoms. The van der Waals surface area contributed by atoms with Crippen LogP contribution in [0.1, 0.15) is 16.7 Å². The summed E-state index contributed by atoms with van der Waals surface area (Å²) in [7, 11) is 1.52. The topological polar surface area (TPSA) is 55.8 Å². The summed E-state index contributed by atoms with van der Waals surface area (Å²) in [5.41, 5.74) is 2.43. The van der Waals surface area contributed by atoms with E-state index in [4.69, 9.17) is 32.7 Å². The van der Waals surface area contributed by atoms with Crippen LogP contribution in [0.15, 0.2) is 83.8 Å². The maximum absolute atomic E-state index is 13.1. The lowest BCUT2D eigenvalue weighted by Crippen LogP contribution is -2.27. The number of rotatable bonds is 7. The van der Waals surface area contributed by atoms with Crippen LogP contribution in [-0.4, -0.2) is 23.2 Å². The van der Waals surface area contributed by atoms with Gasteiger partial charge in [-0.3, -0.25) is 14.5 Å². The maximum Gasteiger partial charge on any atom is 0.293 e. The molecular formula is C29H21Cl2NO4S. The molecule has 1 aliphatic rings. The second-order valence-electron chi connectivity index (χ2n) is 8.40. The predicted octanol–water partition coefficient (Wildman–Crippen LogP) is 7.97. The molecule has 1 aliphatic heterocycles. The molecule has 5 rings (SSSR count). The van der Waals surface area contributed by atoms with Crippen LogP contribution in [0.25, 0.3) is 16.8 Å². The van der Waals surface area contributed by atoms with Crippen LogP contribution in [0, 0.1) is 0 Å². The molecule has 1 fully saturated rings. The van der Waals surface area contributed by atoms with Crippen molar-refractivity contribution in [2.24, 2.45) is 0 Å². The zero-order valence-electron chi connectivity index (χ0n) is 19.7. The van der Waals surface area contributed by atoms with Crippen LogP contribution in [0.2, 0.25) is 10.0 Å². The Morgan fingerprint density at radius 3 is 2.38 bits per heavy atom. The number of hydrogen-bond acceptors (Lipinski definition) is 5. The van der Waals surface area contributed by atoms with E-state index < -0.39 is 0 Å². The van der Waals surface area contributed by atoms with Crippen LogP contribution in [0.3, 0.4) is 0 Å². The summed E-state index contributed by atoms with van der Waals surface area (Å²) in [5, 5.41) is 2.82. The number of carbonyl (C=O) groups is 2. The number of carbonyl (C=O) groups excluding carboxylic acids is 2. The van der Waals surface area contributed by atoms with Gasteiger partial charge in [-0.15, -0.1) is 0 Å². The number of nitrogens with zero attached hydrogens (tertiary/aromatic N) is 1. The number of amides is 2. The third-order valence-corrected chi connectivity index (χ3v) is 7.31. The van der Waals surface area contributed by atoms with E-state index in [1.54, 1.807) is 30.3 Å². The number of hydrogen-bond donors (Lipinski definition) is 0. The zero-order valence-corrected chi connectivity index (χ0v) is 22.1. The van der Waals surface area contributed by atoms with Gasteiger partial charge in [0.1, 0.15) is 6.61 Å². The molecule has 0 saturated carbocycles. The molecule has 37 heavy (non-hydrogen) atoms. The predicted molar refractivity (Wildman–Crippen MR) is 149 cm³/mol. The molecule has 0 bridgehead atoms. The lowest BCUT2D eigenvalue weighted by atomic mass is 10.1. The Hall–Kier alpha value is -3.45. The zero-order chi connectivity index (χ0) is 25.9.